The van der Waals surface area contributed by atoms with Gasteiger partial charge in [0.25, 0.3) is 0 Å². The summed E-state index contributed by atoms with van der Waals surface area (Å²) in [5, 5.41) is 0. The Morgan fingerprint density at radius 2 is 2.00 bits per heavy atom. The molecule has 0 spiro atoms. The smallest absolute Gasteiger partial charge is 0.0623 e. The highest BCUT2D eigenvalue weighted by atomic mass is 16.5. The van der Waals surface area contributed by atoms with E-state index in [9.17, 15) is 0 Å². The summed E-state index contributed by atoms with van der Waals surface area (Å²) in [4.78, 5) is 4.76. The number of nitrogens with two attached hydrogens (primary N) is 1. The number of hydrogen-bond acceptors (Lipinski definition) is 4. The van der Waals surface area contributed by atoms with Crippen LogP contribution in [0.25, 0.3) is 0 Å². The molecular formula is C13H29N3O. The average Bonchev–Trinajstić information content (AvgIpc) is 2.29. The topological polar surface area (TPSA) is 41.7 Å². The van der Waals surface area contributed by atoms with Crippen molar-refractivity contribution in [1.82, 2.24) is 9.80 Å². The maximum Gasteiger partial charge on any atom is 0.0623 e. The quantitative estimate of drug-likeness (QED) is 0.774. The van der Waals surface area contributed by atoms with Crippen molar-refractivity contribution in [3.63, 3.8) is 0 Å². The predicted molar refractivity (Wildman–Crippen MR) is 72.2 cm³/mol. The summed E-state index contributed by atoms with van der Waals surface area (Å²) in [6.45, 7) is 7.57. The van der Waals surface area contributed by atoms with Crippen LogP contribution >= 0.6 is 0 Å². The van der Waals surface area contributed by atoms with Crippen molar-refractivity contribution in [2.75, 3.05) is 40.8 Å². The molecular weight excluding hydrogens is 214 g/mol. The molecule has 2 N–H and O–H groups in total. The Balaban J connectivity index is 2.43. The lowest BCUT2D eigenvalue weighted by atomic mass is 9.94. The van der Waals surface area contributed by atoms with Crippen LogP contribution in [0.5, 0.6) is 0 Å². The third kappa shape index (κ3) is 4.54. The lowest BCUT2D eigenvalue weighted by molar-refractivity contribution is 0.00807. The molecule has 0 radical (unpaired) electrons. The summed E-state index contributed by atoms with van der Waals surface area (Å²) in [5.74, 6) is 0. The second kappa shape index (κ2) is 6.14. The highest BCUT2D eigenvalue weighted by Gasteiger charge is 2.28. The summed E-state index contributed by atoms with van der Waals surface area (Å²) >= 11 is 0. The molecule has 2 unspecified atom stereocenters. The summed E-state index contributed by atoms with van der Waals surface area (Å²) in [5.41, 5.74) is 6.28. The maximum atomic E-state index is 6.34. The van der Waals surface area contributed by atoms with Gasteiger partial charge in [-0.1, -0.05) is 0 Å². The summed E-state index contributed by atoms with van der Waals surface area (Å²) in [6.07, 6.45) is 2.03. The van der Waals surface area contributed by atoms with E-state index in [-0.39, 0.29) is 11.6 Å². The van der Waals surface area contributed by atoms with Gasteiger partial charge in [-0.25, -0.2) is 0 Å². The van der Waals surface area contributed by atoms with Gasteiger partial charge in [0.05, 0.1) is 5.60 Å². The van der Waals surface area contributed by atoms with Crippen LogP contribution in [-0.4, -0.2) is 68.3 Å². The lowest BCUT2D eigenvalue weighted by Crippen LogP contribution is -2.57. The van der Waals surface area contributed by atoms with Gasteiger partial charge in [-0.2, -0.15) is 0 Å². The van der Waals surface area contributed by atoms with Gasteiger partial charge >= 0.3 is 0 Å². The molecule has 1 fully saturated rings. The van der Waals surface area contributed by atoms with E-state index in [1.807, 2.05) is 0 Å². The van der Waals surface area contributed by atoms with Crippen LogP contribution in [0.3, 0.4) is 0 Å². The van der Waals surface area contributed by atoms with Gasteiger partial charge in [0, 0.05) is 38.8 Å². The highest BCUT2D eigenvalue weighted by Crippen LogP contribution is 2.19. The fraction of sp³-hybridized carbons (Fsp3) is 1.00. The van der Waals surface area contributed by atoms with Crippen LogP contribution in [0.1, 0.15) is 26.7 Å². The molecule has 0 bridgehead atoms. The Hall–Kier alpha value is -0.160. The molecule has 2 atom stereocenters. The minimum absolute atomic E-state index is 0.0588. The molecule has 1 rings (SSSR count). The Bertz CT molecular complexity index is 233. The second-order valence-electron chi connectivity index (χ2n) is 5.98. The minimum atomic E-state index is -0.0588. The number of hydrogen-bond donors (Lipinski definition) is 1. The van der Waals surface area contributed by atoms with Crippen LogP contribution in [0.15, 0.2) is 0 Å². The molecule has 0 aromatic rings. The van der Waals surface area contributed by atoms with Crippen molar-refractivity contribution in [2.24, 2.45) is 5.73 Å². The predicted octanol–water partition coefficient (Wildman–Crippen LogP) is 0.765. The van der Waals surface area contributed by atoms with Gasteiger partial charge in [0.2, 0.25) is 0 Å². The highest BCUT2D eigenvalue weighted by molar-refractivity contribution is 4.88. The van der Waals surface area contributed by atoms with Crippen LogP contribution in [0.4, 0.5) is 0 Å². The van der Waals surface area contributed by atoms with Gasteiger partial charge in [-0.15, -0.1) is 0 Å². The van der Waals surface area contributed by atoms with Crippen molar-refractivity contribution < 1.29 is 4.74 Å². The van der Waals surface area contributed by atoms with Crippen molar-refractivity contribution >= 4 is 0 Å². The van der Waals surface area contributed by atoms with Crippen LogP contribution in [0.2, 0.25) is 0 Å². The first-order chi connectivity index (χ1) is 7.85. The first kappa shape index (κ1) is 14.9. The van der Waals surface area contributed by atoms with E-state index >= 15 is 0 Å². The molecule has 0 aromatic carbocycles. The van der Waals surface area contributed by atoms with E-state index in [2.05, 4.69) is 37.7 Å². The van der Waals surface area contributed by atoms with E-state index < -0.39 is 0 Å². The number of rotatable bonds is 5. The molecule has 0 aliphatic carbocycles. The Morgan fingerprint density at radius 3 is 2.59 bits per heavy atom. The van der Waals surface area contributed by atoms with Crippen molar-refractivity contribution in [3.05, 3.63) is 0 Å². The first-order valence-corrected chi connectivity index (χ1v) is 6.55. The largest absolute Gasteiger partial charge is 0.379 e. The first-order valence-electron chi connectivity index (χ1n) is 6.55. The zero-order valence-corrected chi connectivity index (χ0v) is 12.1. The van der Waals surface area contributed by atoms with Gasteiger partial charge in [0.15, 0.2) is 0 Å². The third-order valence-corrected chi connectivity index (χ3v) is 4.03. The van der Waals surface area contributed by atoms with E-state index in [1.165, 1.54) is 0 Å². The van der Waals surface area contributed by atoms with E-state index in [0.717, 1.165) is 32.5 Å². The average molecular weight is 243 g/mol. The zero-order valence-electron chi connectivity index (χ0n) is 12.1. The Morgan fingerprint density at radius 1 is 1.35 bits per heavy atom. The monoisotopic (exact) mass is 243 g/mol. The number of methoxy groups -OCH3 is 1. The minimum Gasteiger partial charge on any atom is -0.379 e. The second-order valence-corrected chi connectivity index (χ2v) is 5.98. The number of nitrogens with zero attached hydrogens (tertiary/aromatic N) is 2. The molecule has 4 heteroatoms. The molecule has 0 aromatic heterocycles. The van der Waals surface area contributed by atoms with Crippen LogP contribution in [-0.2, 0) is 4.74 Å². The molecule has 1 heterocycles. The summed E-state index contributed by atoms with van der Waals surface area (Å²) in [6, 6.07) is 0.707. The molecule has 17 heavy (non-hydrogen) atoms. The van der Waals surface area contributed by atoms with Gasteiger partial charge in [-0.05, 0) is 40.8 Å². The summed E-state index contributed by atoms with van der Waals surface area (Å²) < 4.78 is 5.44. The van der Waals surface area contributed by atoms with E-state index in [4.69, 9.17) is 10.5 Å². The number of likely N-dealkylation sites (N-methyl/N-ethyl adjacent to an activating group) is 2. The van der Waals surface area contributed by atoms with E-state index in [0.29, 0.717) is 6.04 Å². The summed E-state index contributed by atoms with van der Waals surface area (Å²) in [7, 11) is 6.12. The van der Waals surface area contributed by atoms with Gasteiger partial charge < -0.3 is 15.4 Å². The Labute approximate surface area is 106 Å². The molecule has 1 saturated heterocycles. The zero-order chi connectivity index (χ0) is 13.1. The molecule has 102 valence electrons. The van der Waals surface area contributed by atoms with Crippen LogP contribution < -0.4 is 5.73 Å². The number of ether oxygens (including phenoxy) is 1. The Kier molecular flexibility index (Phi) is 5.38. The molecule has 0 amide bonds. The fourth-order valence-electron chi connectivity index (χ4n) is 2.32. The lowest BCUT2D eigenvalue weighted by Gasteiger charge is -2.41. The molecule has 0 saturated carbocycles. The molecule has 4 nitrogen and oxygen atoms in total. The van der Waals surface area contributed by atoms with Crippen molar-refractivity contribution in [1.29, 1.82) is 0 Å². The van der Waals surface area contributed by atoms with Crippen LogP contribution in [0, 0.1) is 0 Å². The normalized spacial score (nSPS) is 26.1. The molecule has 1 aliphatic rings. The molecule has 1 aliphatic heterocycles. The SMILES string of the molecule is COC(C)(C)CCC(N)C1CN(C)CCN1C. The van der Waals surface area contributed by atoms with Gasteiger partial charge in [0.1, 0.15) is 0 Å². The third-order valence-electron chi connectivity index (χ3n) is 4.03. The van der Waals surface area contributed by atoms with E-state index in [1.54, 1.807) is 7.11 Å². The standard InChI is InChI=1S/C13H29N3O/c1-13(2,17-5)7-6-11(14)12-10-15(3)8-9-16(12)4/h11-12H,6-10,14H2,1-5H3. The maximum absolute atomic E-state index is 6.34. The van der Waals surface area contributed by atoms with Crippen molar-refractivity contribution in [2.45, 2.75) is 44.4 Å². The van der Waals surface area contributed by atoms with Crippen molar-refractivity contribution in [3.8, 4) is 0 Å². The number of piperazine rings is 1. The fourth-order valence-corrected chi connectivity index (χ4v) is 2.32. The van der Waals surface area contributed by atoms with Gasteiger partial charge in [-0.3, -0.25) is 4.90 Å².